The molecular weight excluding hydrogens is 234 g/mol. The first-order chi connectivity index (χ1) is 3.56. The maximum atomic E-state index is 5.42. The van der Waals surface area contributed by atoms with Crippen LogP contribution in [0.15, 0.2) is 0 Å². The van der Waals surface area contributed by atoms with Crippen LogP contribution >= 0.6 is 50.7 Å². The summed E-state index contributed by atoms with van der Waals surface area (Å²) >= 11 is 19.5. The molecular formula is C4H6BrCl3. The molecule has 0 heterocycles. The van der Waals surface area contributed by atoms with Gasteiger partial charge in [0.05, 0.1) is 0 Å². The minimum Gasteiger partial charge on any atom is -0.0928 e. The molecule has 0 N–H and O–H groups in total. The van der Waals surface area contributed by atoms with Gasteiger partial charge in [0.15, 0.2) is 3.79 Å². The predicted octanol–water partition coefficient (Wildman–Crippen LogP) is 3.53. The molecule has 50 valence electrons. The van der Waals surface area contributed by atoms with Crippen molar-refractivity contribution >= 4 is 50.7 Å². The third-order valence-corrected chi connectivity index (χ3v) is 1.72. The second kappa shape index (κ2) is 4.21. The van der Waals surface area contributed by atoms with Crippen molar-refractivity contribution in [3.8, 4) is 0 Å². The summed E-state index contributed by atoms with van der Waals surface area (Å²) in [5.41, 5.74) is 0. The number of hydrogen-bond donors (Lipinski definition) is 0. The predicted molar refractivity (Wildman–Crippen MR) is 43.3 cm³/mol. The van der Waals surface area contributed by atoms with E-state index in [0.717, 1.165) is 11.8 Å². The summed E-state index contributed by atoms with van der Waals surface area (Å²) in [5.74, 6) is 0. The van der Waals surface area contributed by atoms with E-state index >= 15 is 0 Å². The highest BCUT2D eigenvalue weighted by atomic mass is 79.9. The molecule has 0 saturated carbocycles. The lowest BCUT2D eigenvalue weighted by atomic mass is 10.4. The molecule has 0 atom stereocenters. The van der Waals surface area contributed by atoms with Gasteiger partial charge in [0.25, 0.3) is 0 Å². The van der Waals surface area contributed by atoms with Gasteiger partial charge < -0.3 is 0 Å². The molecule has 0 aliphatic heterocycles. The van der Waals surface area contributed by atoms with Crippen LogP contribution < -0.4 is 0 Å². The lowest BCUT2D eigenvalue weighted by Gasteiger charge is -2.07. The second-order valence-corrected chi connectivity index (χ2v) is 4.72. The Morgan fingerprint density at radius 3 is 1.88 bits per heavy atom. The Bertz CT molecular complexity index is 58.8. The van der Waals surface area contributed by atoms with Crippen molar-refractivity contribution in [3.63, 3.8) is 0 Å². The Hall–Kier alpha value is 1.35. The van der Waals surface area contributed by atoms with Crippen LogP contribution in [0.2, 0.25) is 0 Å². The SMILES string of the molecule is ClC(Cl)(Cl)CCCBr. The highest BCUT2D eigenvalue weighted by Gasteiger charge is 2.17. The van der Waals surface area contributed by atoms with Crippen LogP contribution in [0.3, 0.4) is 0 Å². The van der Waals surface area contributed by atoms with E-state index in [2.05, 4.69) is 15.9 Å². The van der Waals surface area contributed by atoms with E-state index in [-0.39, 0.29) is 0 Å². The van der Waals surface area contributed by atoms with Gasteiger partial charge in [-0.25, -0.2) is 0 Å². The molecule has 0 fully saturated rings. The van der Waals surface area contributed by atoms with E-state index < -0.39 is 3.79 Å². The zero-order chi connectivity index (χ0) is 6.62. The third kappa shape index (κ3) is 7.35. The molecule has 0 spiro atoms. The van der Waals surface area contributed by atoms with Crippen molar-refractivity contribution in [2.75, 3.05) is 5.33 Å². The maximum absolute atomic E-state index is 5.42. The van der Waals surface area contributed by atoms with Gasteiger partial charge in [0, 0.05) is 5.33 Å². The van der Waals surface area contributed by atoms with Gasteiger partial charge in [-0.05, 0) is 12.8 Å². The fraction of sp³-hybridized carbons (Fsp3) is 1.00. The molecule has 8 heavy (non-hydrogen) atoms. The average Bonchev–Trinajstić information content (AvgIpc) is 1.59. The minimum atomic E-state index is -1.06. The molecule has 0 amide bonds. The number of hydrogen-bond acceptors (Lipinski definition) is 0. The molecule has 0 aliphatic rings. The Morgan fingerprint density at radius 1 is 1.25 bits per heavy atom. The van der Waals surface area contributed by atoms with Crippen LogP contribution in [-0.2, 0) is 0 Å². The Balaban J connectivity index is 3.11. The van der Waals surface area contributed by atoms with Gasteiger partial charge in [0.2, 0.25) is 0 Å². The second-order valence-electron chi connectivity index (χ2n) is 1.41. The number of rotatable bonds is 2. The standard InChI is InChI=1S/C4H6BrCl3/c5-3-1-2-4(6,7)8/h1-3H2. The van der Waals surface area contributed by atoms with Crippen LogP contribution in [0.25, 0.3) is 0 Å². The van der Waals surface area contributed by atoms with Crippen molar-refractivity contribution in [2.45, 2.75) is 16.6 Å². The monoisotopic (exact) mass is 238 g/mol. The van der Waals surface area contributed by atoms with Crippen molar-refractivity contribution in [3.05, 3.63) is 0 Å². The van der Waals surface area contributed by atoms with E-state index in [0.29, 0.717) is 6.42 Å². The normalized spacial score (nSPS) is 12.0. The lowest BCUT2D eigenvalue weighted by Crippen LogP contribution is -2.00. The van der Waals surface area contributed by atoms with Crippen LogP contribution in [0, 0.1) is 0 Å². The molecule has 0 aromatic rings. The summed E-state index contributed by atoms with van der Waals surface area (Å²) in [6.07, 6.45) is 1.51. The Labute approximate surface area is 72.6 Å². The Morgan fingerprint density at radius 2 is 1.75 bits per heavy atom. The van der Waals surface area contributed by atoms with Crippen LogP contribution in [-0.4, -0.2) is 9.12 Å². The fourth-order valence-electron chi connectivity index (χ4n) is 0.267. The van der Waals surface area contributed by atoms with Crippen LogP contribution in [0.4, 0.5) is 0 Å². The molecule has 0 aromatic carbocycles. The van der Waals surface area contributed by atoms with Gasteiger partial charge in [-0.2, -0.15) is 0 Å². The van der Waals surface area contributed by atoms with Crippen molar-refractivity contribution in [1.29, 1.82) is 0 Å². The third-order valence-electron chi connectivity index (χ3n) is 0.594. The molecule has 0 rings (SSSR count). The molecule has 0 nitrogen and oxygen atoms in total. The van der Waals surface area contributed by atoms with E-state index in [4.69, 9.17) is 34.8 Å². The van der Waals surface area contributed by atoms with Gasteiger partial charge in [-0.1, -0.05) is 50.7 Å². The quantitative estimate of drug-likeness (QED) is 0.648. The topological polar surface area (TPSA) is 0 Å². The molecule has 0 bridgehead atoms. The first-order valence-corrected chi connectivity index (χ1v) is 4.44. The maximum Gasteiger partial charge on any atom is 0.190 e. The summed E-state index contributed by atoms with van der Waals surface area (Å²) in [6.45, 7) is 0. The molecule has 0 radical (unpaired) electrons. The highest BCUT2D eigenvalue weighted by Crippen LogP contribution is 2.31. The largest absolute Gasteiger partial charge is 0.190 e. The van der Waals surface area contributed by atoms with Crippen molar-refractivity contribution in [1.82, 2.24) is 0 Å². The smallest absolute Gasteiger partial charge is 0.0928 e. The average molecular weight is 240 g/mol. The highest BCUT2D eigenvalue weighted by molar-refractivity contribution is 9.09. The van der Waals surface area contributed by atoms with Crippen LogP contribution in [0.5, 0.6) is 0 Å². The van der Waals surface area contributed by atoms with E-state index in [1.54, 1.807) is 0 Å². The summed E-state index contributed by atoms with van der Waals surface area (Å²) in [5, 5.41) is 0.890. The summed E-state index contributed by atoms with van der Waals surface area (Å²) in [7, 11) is 0. The number of alkyl halides is 4. The lowest BCUT2D eigenvalue weighted by molar-refractivity contribution is 0.835. The van der Waals surface area contributed by atoms with Gasteiger partial charge in [-0.3, -0.25) is 0 Å². The zero-order valence-electron chi connectivity index (χ0n) is 4.13. The van der Waals surface area contributed by atoms with Gasteiger partial charge in [0.1, 0.15) is 0 Å². The summed E-state index contributed by atoms with van der Waals surface area (Å²) in [6, 6.07) is 0. The van der Waals surface area contributed by atoms with E-state index in [9.17, 15) is 0 Å². The van der Waals surface area contributed by atoms with E-state index in [1.807, 2.05) is 0 Å². The first kappa shape index (κ1) is 9.35. The van der Waals surface area contributed by atoms with Crippen molar-refractivity contribution in [2.24, 2.45) is 0 Å². The summed E-state index contributed by atoms with van der Waals surface area (Å²) in [4.78, 5) is 0. The van der Waals surface area contributed by atoms with Gasteiger partial charge in [-0.15, -0.1) is 0 Å². The number of halogens is 4. The zero-order valence-corrected chi connectivity index (χ0v) is 7.99. The fourth-order valence-corrected chi connectivity index (χ4v) is 0.949. The van der Waals surface area contributed by atoms with E-state index in [1.165, 1.54) is 0 Å². The van der Waals surface area contributed by atoms with Gasteiger partial charge >= 0.3 is 0 Å². The molecule has 0 aliphatic carbocycles. The molecule has 0 unspecified atom stereocenters. The molecule has 0 aromatic heterocycles. The first-order valence-electron chi connectivity index (χ1n) is 2.19. The Kier molecular flexibility index (Phi) is 4.92. The molecule has 0 saturated heterocycles. The van der Waals surface area contributed by atoms with Crippen molar-refractivity contribution < 1.29 is 0 Å². The minimum absolute atomic E-state index is 0.614. The van der Waals surface area contributed by atoms with Crippen LogP contribution in [0.1, 0.15) is 12.8 Å². The summed E-state index contributed by atoms with van der Waals surface area (Å²) < 4.78 is -1.06. The molecule has 4 heteroatoms.